The van der Waals surface area contributed by atoms with Gasteiger partial charge in [0.1, 0.15) is 5.75 Å². The highest BCUT2D eigenvalue weighted by atomic mass is 79.9. The first kappa shape index (κ1) is 10.9. The molecule has 0 aliphatic rings. The number of ether oxygens (including phenoxy) is 1. The van der Waals surface area contributed by atoms with E-state index < -0.39 is 0 Å². The Bertz CT molecular complexity index is 516. The summed E-state index contributed by atoms with van der Waals surface area (Å²) in [5, 5.41) is 7.68. The lowest BCUT2D eigenvalue weighted by Crippen LogP contribution is -1.93. The van der Waals surface area contributed by atoms with Gasteiger partial charge in [-0.15, -0.1) is 5.10 Å². The topological polar surface area (TPSA) is 61.0 Å². The molecule has 2 N–H and O–H groups in total. The summed E-state index contributed by atoms with van der Waals surface area (Å²) in [6.45, 7) is 1.93. The van der Waals surface area contributed by atoms with Gasteiger partial charge in [0.2, 0.25) is 5.88 Å². The first-order chi connectivity index (χ1) is 7.65. The number of benzene rings is 1. The fourth-order valence-corrected chi connectivity index (χ4v) is 1.53. The van der Waals surface area contributed by atoms with Crippen molar-refractivity contribution in [1.82, 2.24) is 10.2 Å². The quantitative estimate of drug-likeness (QED) is 0.859. The number of nitrogens with two attached hydrogens (primary N) is 1. The molecule has 0 amide bonds. The van der Waals surface area contributed by atoms with Gasteiger partial charge in [-0.1, -0.05) is 0 Å². The minimum absolute atomic E-state index is 0.450. The number of halogens is 1. The maximum atomic E-state index is 5.67. The Morgan fingerprint density at radius 2 is 2.12 bits per heavy atom. The molecule has 0 aliphatic heterocycles. The first-order valence-electron chi connectivity index (χ1n) is 4.67. The van der Waals surface area contributed by atoms with Crippen LogP contribution in [0.5, 0.6) is 11.6 Å². The summed E-state index contributed by atoms with van der Waals surface area (Å²) in [6.07, 6.45) is 1.67. The molecule has 0 fully saturated rings. The normalized spacial score (nSPS) is 10.1. The van der Waals surface area contributed by atoms with Gasteiger partial charge < -0.3 is 10.5 Å². The molecule has 2 rings (SSSR count). The molecule has 0 bridgehead atoms. The molecule has 1 aromatic heterocycles. The lowest BCUT2D eigenvalue weighted by atomic mass is 10.3. The van der Waals surface area contributed by atoms with E-state index in [1.54, 1.807) is 18.3 Å². The molecule has 0 spiro atoms. The highest BCUT2D eigenvalue weighted by Crippen LogP contribution is 2.30. The predicted molar refractivity (Wildman–Crippen MR) is 65.4 cm³/mol. The van der Waals surface area contributed by atoms with Crippen molar-refractivity contribution in [3.05, 3.63) is 40.5 Å². The van der Waals surface area contributed by atoms with Gasteiger partial charge in [0.05, 0.1) is 10.7 Å². The number of hydrogen-bond donors (Lipinski definition) is 1. The molecule has 4 nitrogen and oxygen atoms in total. The van der Waals surface area contributed by atoms with Crippen LogP contribution in [0, 0.1) is 6.92 Å². The molecule has 5 heteroatoms. The molecular weight excluding hydrogens is 270 g/mol. The van der Waals surface area contributed by atoms with Gasteiger partial charge >= 0.3 is 0 Å². The van der Waals surface area contributed by atoms with Crippen molar-refractivity contribution in [3.63, 3.8) is 0 Å². The van der Waals surface area contributed by atoms with Gasteiger partial charge in [-0.25, -0.2) is 0 Å². The number of anilines is 1. The van der Waals surface area contributed by atoms with Crippen molar-refractivity contribution >= 4 is 21.6 Å². The van der Waals surface area contributed by atoms with Crippen molar-refractivity contribution in [2.75, 3.05) is 5.73 Å². The number of aryl methyl sites for hydroxylation is 1. The molecule has 2 aromatic rings. The Morgan fingerprint density at radius 1 is 1.31 bits per heavy atom. The number of aromatic nitrogens is 2. The summed E-state index contributed by atoms with van der Waals surface area (Å²) in [6, 6.07) is 7.16. The molecule has 0 unspecified atom stereocenters. The van der Waals surface area contributed by atoms with Crippen molar-refractivity contribution in [1.29, 1.82) is 0 Å². The van der Waals surface area contributed by atoms with Crippen LogP contribution in [-0.2, 0) is 0 Å². The van der Waals surface area contributed by atoms with Crippen LogP contribution in [0.25, 0.3) is 0 Å². The van der Waals surface area contributed by atoms with Gasteiger partial charge in [-0.3, -0.25) is 0 Å². The molecular formula is C11H10BrN3O. The van der Waals surface area contributed by atoms with Gasteiger partial charge in [-0.05, 0) is 40.5 Å². The van der Waals surface area contributed by atoms with Crippen LogP contribution >= 0.6 is 15.9 Å². The zero-order valence-electron chi connectivity index (χ0n) is 8.64. The van der Waals surface area contributed by atoms with Gasteiger partial charge in [0, 0.05) is 17.8 Å². The second-order valence-electron chi connectivity index (χ2n) is 3.36. The summed E-state index contributed by atoms with van der Waals surface area (Å²) in [7, 11) is 0. The van der Waals surface area contributed by atoms with E-state index >= 15 is 0 Å². The monoisotopic (exact) mass is 279 g/mol. The van der Waals surface area contributed by atoms with Crippen molar-refractivity contribution in [2.45, 2.75) is 6.92 Å². The third kappa shape index (κ3) is 2.49. The molecule has 16 heavy (non-hydrogen) atoms. The Balaban J connectivity index is 2.30. The summed E-state index contributed by atoms with van der Waals surface area (Å²) in [5.41, 5.74) is 7.30. The van der Waals surface area contributed by atoms with Crippen LogP contribution in [0.15, 0.2) is 34.9 Å². The van der Waals surface area contributed by atoms with Crippen LogP contribution in [-0.4, -0.2) is 10.2 Å². The lowest BCUT2D eigenvalue weighted by Gasteiger charge is -2.07. The number of rotatable bonds is 2. The summed E-state index contributed by atoms with van der Waals surface area (Å²) >= 11 is 3.38. The highest BCUT2D eigenvalue weighted by Gasteiger charge is 2.04. The predicted octanol–water partition coefficient (Wildman–Crippen LogP) is 2.92. The molecule has 82 valence electrons. The largest absolute Gasteiger partial charge is 0.436 e. The van der Waals surface area contributed by atoms with Crippen molar-refractivity contribution < 1.29 is 4.74 Å². The van der Waals surface area contributed by atoms with Crippen LogP contribution in [0.2, 0.25) is 0 Å². The number of nitrogen functional groups attached to an aromatic ring is 1. The lowest BCUT2D eigenvalue weighted by molar-refractivity contribution is 0.452. The van der Waals surface area contributed by atoms with Crippen LogP contribution < -0.4 is 10.5 Å². The molecule has 1 heterocycles. The maximum Gasteiger partial charge on any atom is 0.239 e. The van der Waals surface area contributed by atoms with E-state index in [0.717, 1.165) is 10.0 Å². The van der Waals surface area contributed by atoms with E-state index in [4.69, 9.17) is 10.5 Å². The van der Waals surface area contributed by atoms with E-state index in [1.165, 1.54) is 0 Å². The van der Waals surface area contributed by atoms with Crippen LogP contribution in [0.4, 0.5) is 5.69 Å². The second kappa shape index (κ2) is 4.49. The molecule has 1 aromatic carbocycles. The van der Waals surface area contributed by atoms with E-state index in [1.807, 2.05) is 19.1 Å². The van der Waals surface area contributed by atoms with Crippen LogP contribution in [0.1, 0.15) is 5.56 Å². The molecule has 0 aliphatic carbocycles. The Morgan fingerprint density at radius 3 is 2.88 bits per heavy atom. The summed E-state index contributed by atoms with van der Waals surface area (Å²) < 4.78 is 6.39. The van der Waals surface area contributed by atoms with E-state index in [-0.39, 0.29) is 0 Å². The van der Waals surface area contributed by atoms with E-state index in [9.17, 15) is 0 Å². The van der Waals surface area contributed by atoms with Crippen LogP contribution in [0.3, 0.4) is 0 Å². The smallest absolute Gasteiger partial charge is 0.239 e. The average Bonchev–Trinajstić information content (AvgIpc) is 2.24. The minimum atomic E-state index is 0.450. The standard InChI is InChI=1S/C11H10BrN3O/c1-7-4-11(15-14-6-7)16-10-5-8(13)2-3-9(10)12/h2-6H,13H2,1H3. The van der Waals surface area contributed by atoms with Gasteiger partial charge in [0.15, 0.2) is 0 Å². The molecule has 0 atom stereocenters. The third-order valence-electron chi connectivity index (χ3n) is 1.94. The molecule has 0 radical (unpaired) electrons. The molecule has 0 saturated heterocycles. The Labute approximate surface area is 102 Å². The van der Waals surface area contributed by atoms with Crippen molar-refractivity contribution in [3.8, 4) is 11.6 Å². The minimum Gasteiger partial charge on any atom is -0.436 e. The average molecular weight is 280 g/mol. The number of nitrogens with zero attached hydrogens (tertiary/aromatic N) is 2. The van der Waals surface area contributed by atoms with E-state index in [2.05, 4.69) is 26.1 Å². The third-order valence-corrected chi connectivity index (χ3v) is 2.59. The summed E-state index contributed by atoms with van der Waals surface area (Å²) in [4.78, 5) is 0. The van der Waals surface area contributed by atoms with Gasteiger partial charge in [-0.2, -0.15) is 5.10 Å². The number of hydrogen-bond acceptors (Lipinski definition) is 4. The second-order valence-corrected chi connectivity index (χ2v) is 4.22. The fourth-order valence-electron chi connectivity index (χ4n) is 1.20. The summed E-state index contributed by atoms with van der Waals surface area (Å²) in [5.74, 6) is 1.08. The van der Waals surface area contributed by atoms with Crippen molar-refractivity contribution in [2.24, 2.45) is 0 Å². The fraction of sp³-hybridized carbons (Fsp3) is 0.0909. The van der Waals surface area contributed by atoms with E-state index in [0.29, 0.717) is 17.3 Å². The maximum absolute atomic E-state index is 5.67. The Kier molecular flexibility index (Phi) is 3.05. The zero-order chi connectivity index (χ0) is 11.5. The molecule has 0 saturated carbocycles. The highest BCUT2D eigenvalue weighted by molar-refractivity contribution is 9.10. The van der Waals surface area contributed by atoms with Gasteiger partial charge in [0.25, 0.3) is 0 Å². The zero-order valence-corrected chi connectivity index (χ0v) is 10.2. The Hall–Kier alpha value is -1.62. The SMILES string of the molecule is Cc1cnnc(Oc2cc(N)ccc2Br)c1. The first-order valence-corrected chi connectivity index (χ1v) is 5.46.